The molecule has 0 heterocycles. The van der Waals surface area contributed by atoms with E-state index in [2.05, 4.69) is 5.32 Å². The van der Waals surface area contributed by atoms with Crippen molar-refractivity contribution in [3.05, 3.63) is 0 Å². The van der Waals surface area contributed by atoms with Crippen LogP contribution in [0.1, 0.15) is 13.3 Å². The van der Waals surface area contributed by atoms with Crippen LogP contribution in [0.3, 0.4) is 0 Å². The van der Waals surface area contributed by atoms with Crippen molar-refractivity contribution >= 4 is 5.91 Å². The third kappa shape index (κ3) is 1.45. The van der Waals surface area contributed by atoms with Crippen molar-refractivity contribution in [1.82, 2.24) is 5.32 Å². The Hall–Kier alpha value is -0.690. The first-order chi connectivity index (χ1) is 7.44. The minimum absolute atomic E-state index is 0.171. The van der Waals surface area contributed by atoms with E-state index in [9.17, 15) is 25.2 Å². The Morgan fingerprint density at radius 2 is 2.00 bits per heavy atom. The largest absolute Gasteiger partial charge is 0.396 e. The monoisotopic (exact) mass is 231 g/mol. The van der Waals surface area contributed by atoms with Gasteiger partial charge in [0.15, 0.2) is 0 Å². The van der Waals surface area contributed by atoms with E-state index in [-0.39, 0.29) is 18.4 Å². The van der Waals surface area contributed by atoms with Gasteiger partial charge in [0.1, 0.15) is 12.2 Å². The summed E-state index contributed by atoms with van der Waals surface area (Å²) < 4.78 is 0. The van der Waals surface area contributed by atoms with Gasteiger partial charge in [-0.1, -0.05) is 0 Å². The molecular weight excluding hydrogens is 214 g/mol. The fourth-order valence-electron chi connectivity index (χ4n) is 2.85. The van der Waals surface area contributed by atoms with Crippen molar-refractivity contribution in [2.75, 3.05) is 6.61 Å². The first kappa shape index (κ1) is 11.8. The van der Waals surface area contributed by atoms with Crippen LogP contribution in [0.15, 0.2) is 0 Å². The summed E-state index contributed by atoms with van der Waals surface area (Å²) in [4.78, 5) is 11.0. The second-order valence-corrected chi connectivity index (χ2v) is 4.85. The van der Waals surface area contributed by atoms with Gasteiger partial charge in [0, 0.05) is 12.3 Å². The fourth-order valence-corrected chi connectivity index (χ4v) is 2.85. The van der Waals surface area contributed by atoms with E-state index in [0.29, 0.717) is 6.42 Å². The Balaban J connectivity index is 2.19. The average Bonchev–Trinajstić information content (AvgIpc) is 2.97. The molecule has 16 heavy (non-hydrogen) atoms. The number of hydrogen-bond donors (Lipinski definition) is 5. The molecule has 0 aromatic heterocycles. The van der Waals surface area contributed by atoms with Gasteiger partial charge in [-0.2, -0.15) is 0 Å². The van der Waals surface area contributed by atoms with E-state index in [1.54, 1.807) is 0 Å². The molecule has 0 bridgehead atoms. The number of carbonyl (C=O) groups excluding carboxylic acids is 1. The molecule has 0 aromatic carbocycles. The second-order valence-electron chi connectivity index (χ2n) is 4.85. The molecule has 0 saturated heterocycles. The molecule has 0 spiro atoms. The maximum absolute atomic E-state index is 11.0. The Bertz CT molecular complexity index is 310. The molecule has 0 aliphatic heterocycles. The van der Waals surface area contributed by atoms with Crippen LogP contribution in [0.25, 0.3) is 0 Å². The zero-order chi connectivity index (χ0) is 12.1. The van der Waals surface area contributed by atoms with Gasteiger partial charge in [0.05, 0.1) is 18.8 Å². The maximum Gasteiger partial charge on any atom is 0.217 e. The van der Waals surface area contributed by atoms with Gasteiger partial charge in [-0.25, -0.2) is 0 Å². The van der Waals surface area contributed by atoms with E-state index < -0.39 is 29.8 Å². The van der Waals surface area contributed by atoms with Crippen molar-refractivity contribution in [2.45, 2.75) is 37.7 Å². The van der Waals surface area contributed by atoms with E-state index >= 15 is 0 Å². The summed E-state index contributed by atoms with van der Waals surface area (Å²) in [5.41, 5.74) is -0.758. The third-order valence-corrected chi connectivity index (χ3v) is 3.91. The quantitative estimate of drug-likeness (QED) is 0.363. The Labute approximate surface area is 92.9 Å². The molecule has 5 N–H and O–H groups in total. The predicted molar refractivity (Wildman–Crippen MR) is 53.3 cm³/mol. The molecule has 0 aromatic rings. The van der Waals surface area contributed by atoms with Crippen LogP contribution >= 0.6 is 0 Å². The Morgan fingerprint density at radius 1 is 1.38 bits per heavy atom. The van der Waals surface area contributed by atoms with Gasteiger partial charge in [0.2, 0.25) is 5.91 Å². The van der Waals surface area contributed by atoms with Gasteiger partial charge in [-0.05, 0) is 12.3 Å². The van der Waals surface area contributed by atoms with Crippen LogP contribution in [0, 0.1) is 11.3 Å². The molecule has 2 rings (SSSR count). The summed E-state index contributed by atoms with van der Waals surface area (Å²) >= 11 is 0. The van der Waals surface area contributed by atoms with E-state index in [0.717, 1.165) is 0 Å². The van der Waals surface area contributed by atoms with Gasteiger partial charge < -0.3 is 25.7 Å². The van der Waals surface area contributed by atoms with Gasteiger partial charge >= 0.3 is 0 Å². The number of amides is 1. The number of carbonyl (C=O) groups is 1. The van der Waals surface area contributed by atoms with Crippen molar-refractivity contribution in [2.24, 2.45) is 11.3 Å². The number of nitrogens with one attached hydrogen (secondary N) is 1. The molecule has 1 amide bonds. The van der Waals surface area contributed by atoms with E-state index in [1.807, 2.05) is 0 Å². The molecular formula is C10H17NO5. The number of aliphatic hydroxyl groups excluding tert-OH is 4. The number of fused-ring (bicyclic) bond motifs is 1. The number of rotatable bonds is 2. The average molecular weight is 231 g/mol. The predicted octanol–water partition coefficient (Wildman–Crippen LogP) is -2.41. The van der Waals surface area contributed by atoms with E-state index in [1.165, 1.54) is 6.92 Å². The first-order valence-electron chi connectivity index (χ1n) is 5.36. The summed E-state index contributed by atoms with van der Waals surface area (Å²) in [7, 11) is 0. The highest BCUT2D eigenvalue weighted by Crippen LogP contribution is 2.60. The van der Waals surface area contributed by atoms with Crippen molar-refractivity contribution in [1.29, 1.82) is 0 Å². The molecule has 2 aliphatic rings. The topological polar surface area (TPSA) is 110 Å². The third-order valence-electron chi connectivity index (χ3n) is 3.91. The number of aliphatic hydroxyl groups is 4. The summed E-state index contributed by atoms with van der Waals surface area (Å²) in [6.45, 7) is 1.08. The molecule has 2 fully saturated rings. The Morgan fingerprint density at radius 3 is 2.50 bits per heavy atom. The van der Waals surface area contributed by atoms with Gasteiger partial charge in [-0.3, -0.25) is 4.79 Å². The zero-order valence-corrected chi connectivity index (χ0v) is 9.00. The molecule has 2 aliphatic carbocycles. The molecule has 0 unspecified atom stereocenters. The lowest BCUT2D eigenvalue weighted by atomic mass is 9.79. The van der Waals surface area contributed by atoms with Crippen LogP contribution in [0.5, 0.6) is 0 Å². The SMILES string of the molecule is CC(=O)N[C@@H]1[C@H](O)[C@@H](O)[C@H](O)[C@]2(CO)C[C@H]12. The van der Waals surface area contributed by atoms with Gasteiger partial charge in [-0.15, -0.1) is 0 Å². The van der Waals surface area contributed by atoms with Gasteiger partial charge in [0.25, 0.3) is 0 Å². The van der Waals surface area contributed by atoms with Crippen LogP contribution in [-0.2, 0) is 4.79 Å². The molecule has 6 heteroatoms. The van der Waals surface area contributed by atoms with Crippen molar-refractivity contribution in [3.8, 4) is 0 Å². The fraction of sp³-hybridized carbons (Fsp3) is 0.900. The van der Waals surface area contributed by atoms with Crippen LogP contribution in [0.2, 0.25) is 0 Å². The van der Waals surface area contributed by atoms with Crippen LogP contribution in [0.4, 0.5) is 0 Å². The summed E-state index contributed by atoms with van der Waals surface area (Å²) in [6.07, 6.45) is -3.15. The highest BCUT2D eigenvalue weighted by atomic mass is 16.4. The first-order valence-corrected chi connectivity index (χ1v) is 5.36. The van der Waals surface area contributed by atoms with Crippen LogP contribution < -0.4 is 5.32 Å². The standard InChI is InChI=1S/C10H17NO5/c1-4(13)11-6-5-2-10(5,3-12)9(16)8(15)7(6)14/h5-9,12,14-16H,2-3H2,1H3,(H,11,13)/t5-,6+,7+,8-,9+,10+/m1/s1. The second kappa shape index (κ2) is 3.66. The molecule has 0 radical (unpaired) electrons. The number of hydrogen-bond acceptors (Lipinski definition) is 5. The summed E-state index contributed by atoms with van der Waals surface area (Å²) in [5.74, 6) is -0.471. The highest BCUT2D eigenvalue weighted by Gasteiger charge is 2.68. The minimum Gasteiger partial charge on any atom is -0.396 e. The van der Waals surface area contributed by atoms with Crippen LogP contribution in [-0.4, -0.2) is 57.3 Å². The molecule has 6 nitrogen and oxygen atoms in total. The molecule has 2 saturated carbocycles. The highest BCUT2D eigenvalue weighted by molar-refractivity contribution is 5.73. The summed E-state index contributed by atoms with van der Waals surface area (Å²) in [6, 6.07) is -0.594. The van der Waals surface area contributed by atoms with E-state index in [4.69, 9.17) is 0 Å². The zero-order valence-electron chi connectivity index (χ0n) is 9.00. The smallest absolute Gasteiger partial charge is 0.217 e. The maximum atomic E-state index is 11.0. The lowest BCUT2D eigenvalue weighted by Crippen LogP contribution is -2.60. The van der Waals surface area contributed by atoms with Crippen molar-refractivity contribution in [3.63, 3.8) is 0 Å². The lowest BCUT2D eigenvalue weighted by Gasteiger charge is -2.39. The van der Waals surface area contributed by atoms with Crippen molar-refractivity contribution < 1.29 is 25.2 Å². The summed E-state index contributed by atoms with van der Waals surface area (Å²) in [5, 5.41) is 41.0. The normalized spacial score (nSPS) is 50.7. The molecule has 92 valence electrons. The minimum atomic E-state index is -1.33. The molecule has 6 atom stereocenters. The lowest BCUT2D eigenvalue weighted by molar-refractivity contribution is -0.142. The Kier molecular flexibility index (Phi) is 2.70.